The third-order valence-electron chi connectivity index (χ3n) is 0.577. The fourth-order valence-corrected chi connectivity index (χ4v) is 0. The van der Waals surface area contributed by atoms with Crippen molar-refractivity contribution in [3.05, 3.63) is 38.0 Å². The van der Waals surface area contributed by atoms with Crippen molar-refractivity contribution < 1.29 is 0 Å². The summed E-state index contributed by atoms with van der Waals surface area (Å²) in [7, 11) is 0. The highest BCUT2D eigenvalue weighted by Gasteiger charge is 1.45. The first kappa shape index (κ1) is 16.7. The third kappa shape index (κ3) is 323. The number of hydrogen-bond acceptors (Lipinski definition) is 0. The molecule has 0 aromatic rings. The van der Waals surface area contributed by atoms with Gasteiger partial charge in [0.25, 0.3) is 0 Å². The van der Waals surface area contributed by atoms with Crippen LogP contribution in [-0.4, -0.2) is 0 Å². The molecule has 0 rings (SSSR count). The van der Waals surface area contributed by atoms with Crippen LogP contribution in [0.15, 0.2) is 38.0 Å². The zero-order valence-corrected chi connectivity index (χ0v) is 8.27. The van der Waals surface area contributed by atoms with E-state index in [9.17, 15) is 0 Å². The standard InChI is InChI=1S/2C4H8.C3H6/c2*1-3-4-2;1-3-2/h2*3H,1,4H2,2H3;3H,1H2,2H3. The maximum atomic E-state index is 3.48. The Bertz CT molecular complexity index is 62.1. The first-order valence-corrected chi connectivity index (χ1v) is 4.03. The second-order valence-corrected chi connectivity index (χ2v) is 1.80. The van der Waals surface area contributed by atoms with Crippen molar-refractivity contribution in [3.63, 3.8) is 0 Å². The van der Waals surface area contributed by atoms with Gasteiger partial charge in [0.1, 0.15) is 0 Å². The van der Waals surface area contributed by atoms with Gasteiger partial charge in [0, 0.05) is 0 Å². The number of hydrogen-bond donors (Lipinski definition) is 0. The highest BCUT2D eigenvalue weighted by atomic mass is 13.5. The minimum Gasteiger partial charge on any atom is -0.103 e. The van der Waals surface area contributed by atoms with Crippen molar-refractivity contribution in [2.75, 3.05) is 0 Å². The minimum absolute atomic E-state index is 1.08. The van der Waals surface area contributed by atoms with Crippen LogP contribution in [0.5, 0.6) is 0 Å². The summed E-state index contributed by atoms with van der Waals surface area (Å²) in [6.45, 7) is 16.3. The average molecular weight is 154 g/mol. The minimum atomic E-state index is 1.08. The lowest BCUT2D eigenvalue weighted by Crippen LogP contribution is -1.36. The van der Waals surface area contributed by atoms with Gasteiger partial charge in [-0.1, -0.05) is 32.1 Å². The normalized spacial score (nSPS) is 5.73. The largest absolute Gasteiger partial charge is 0.103 e. The molecule has 0 nitrogen and oxygen atoms in total. The topological polar surface area (TPSA) is 0 Å². The monoisotopic (exact) mass is 154 g/mol. The van der Waals surface area contributed by atoms with E-state index in [-0.39, 0.29) is 0 Å². The average Bonchev–Trinajstić information content (AvgIpc) is 2.06. The number of allylic oxidation sites excluding steroid dienone is 3. The molecular weight excluding hydrogens is 132 g/mol. The van der Waals surface area contributed by atoms with Crippen LogP contribution in [0, 0.1) is 0 Å². The summed E-state index contributed by atoms with van der Waals surface area (Å²) in [5.74, 6) is 0. The van der Waals surface area contributed by atoms with Crippen molar-refractivity contribution in [2.24, 2.45) is 0 Å². The van der Waals surface area contributed by atoms with E-state index in [1.807, 2.05) is 19.1 Å². The Hall–Kier alpha value is -0.780. The highest BCUT2D eigenvalue weighted by Crippen LogP contribution is 1.66. The van der Waals surface area contributed by atoms with Crippen LogP contribution in [0.1, 0.15) is 33.6 Å². The van der Waals surface area contributed by atoms with E-state index in [1.54, 1.807) is 6.08 Å². The molecule has 0 heteroatoms. The molecule has 0 amide bonds. The summed E-state index contributed by atoms with van der Waals surface area (Å²) >= 11 is 0. The molecular formula is C11H22. The van der Waals surface area contributed by atoms with Crippen LogP contribution < -0.4 is 0 Å². The number of rotatable bonds is 2. The van der Waals surface area contributed by atoms with Crippen LogP contribution in [0.4, 0.5) is 0 Å². The highest BCUT2D eigenvalue weighted by molar-refractivity contribution is 4.60. The van der Waals surface area contributed by atoms with Gasteiger partial charge in [-0.25, -0.2) is 0 Å². The van der Waals surface area contributed by atoms with E-state index in [0.29, 0.717) is 0 Å². The molecule has 0 bridgehead atoms. The molecule has 11 heavy (non-hydrogen) atoms. The van der Waals surface area contributed by atoms with Crippen LogP contribution >= 0.6 is 0 Å². The zero-order valence-electron chi connectivity index (χ0n) is 8.27. The molecule has 0 fully saturated rings. The first-order valence-electron chi connectivity index (χ1n) is 4.03. The van der Waals surface area contributed by atoms with Crippen LogP contribution in [0.25, 0.3) is 0 Å². The molecule has 0 unspecified atom stereocenters. The van der Waals surface area contributed by atoms with Crippen molar-refractivity contribution in [2.45, 2.75) is 33.6 Å². The first-order chi connectivity index (χ1) is 5.24. The van der Waals surface area contributed by atoms with E-state index in [1.165, 1.54) is 0 Å². The summed E-state index contributed by atoms with van der Waals surface area (Å²) in [6, 6.07) is 0. The molecule has 0 spiro atoms. The van der Waals surface area contributed by atoms with Crippen LogP contribution in [0.3, 0.4) is 0 Å². The van der Waals surface area contributed by atoms with Crippen molar-refractivity contribution in [1.29, 1.82) is 0 Å². The van der Waals surface area contributed by atoms with E-state index in [2.05, 4.69) is 33.6 Å². The van der Waals surface area contributed by atoms with Gasteiger partial charge < -0.3 is 0 Å². The predicted molar refractivity (Wildman–Crippen MR) is 56.8 cm³/mol. The van der Waals surface area contributed by atoms with Crippen molar-refractivity contribution in [3.8, 4) is 0 Å². The lowest BCUT2D eigenvalue weighted by atomic mass is 10.5. The Morgan fingerprint density at radius 2 is 1.00 bits per heavy atom. The maximum Gasteiger partial charge on any atom is -0.0382 e. The lowest BCUT2D eigenvalue weighted by molar-refractivity contribution is 1.23. The molecule has 0 aromatic heterocycles. The van der Waals surface area contributed by atoms with E-state index < -0.39 is 0 Å². The SMILES string of the molecule is C=CC.C=CCC.C=CCC. The zero-order chi connectivity index (χ0) is 9.54. The smallest absolute Gasteiger partial charge is 0.0382 e. The fraction of sp³-hybridized carbons (Fsp3) is 0.455. The quantitative estimate of drug-likeness (QED) is 0.518. The van der Waals surface area contributed by atoms with Crippen LogP contribution in [-0.2, 0) is 0 Å². The van der Waals surface area contributed by atoms with Gasteiger partial charge in [-0.2, -0.15) is 0 Å². The Morgan fingerprint density at radius 3 is 1.00 bits per heavy atom. The van der Waals surface area contributed by atoms with E-state index in [4.69, 9.17) is 0 Å². The second kappa shape index (κ2) is 35.0. The van der Waals surface area contributed by atoms with Crippen LogP contribution in [0.2, 0.25) is 0 Å². The summed E-state index contributed by atoms with van der Waals surface area (Å²) < 4.78 is 0. The maximum absolute atomic E-state index is 3.48. The molecule has 0 aliphatic rings. The van der Waals surface area contributed by atoms with E-state index in [0.717, 1.165) is 12.8 Å². The second-order valence-electron chi connectivity index (χ2n) is 1.80. The predicted octanol–water partition coefficient (Wildman–Crippen LogP) is 4.36. The Balaban J connectivity index is -0.0000000886. The molecule has 0 saturated heterocycles. The molecule has 0 saturated carbocycles. The molecule has 0 radical (unpaired) electrons. The Labute approximate surface area is 72.3 Å². The third-order valence-corrected chi connectivity index (χ3v) is 0.577. The van der Waals surface area contributed by atoms with Gasteiger partial charge in [-0.3, -0.25) is 0 Å². The molecule has 0 aliphatic carbocycles. The van der Waals surface area contributed by atoms with E-state index >= 15 is 0 Å². The Kier molecular flexibility index (Phi) is 53.0. The molecule has 0 N–H and O–H groups in total. The Morgan fingerprint density at radius 1 is 0.909 bits per heavy atom. The molecule has 0 aliphatic heterocycles. The fourth-order valence-electron chi connectivity index (χ4n) is 0. The van der Waals surface area contributed by atoms with Gasteiger partial charge in [-0.15, -0.1) is 19.7 Å². The summed E-state index contributed by atoms with van der Waals surface area (Å²) in [6.07, 6.45) is 7.67. The summed E-state index contributed by atoms with van der Waals surface area (Å²) in [4.78, 5) is 0. The van der Waals surface area contributed by atoms with Gasteiger partial charge in [0.2, 0.25) is 0 Å². The van der Waals surface area contributed by atoms with Crippen molar-refractivity contribution in [1.82, 2.24) is 0 Å². The molecule has 0 aromatic carbocycles. The van der Waals surface area contributed by atoms with Gasteiger partial charge in [0.15, 0.2) is 0 Å². The molecule has 0 heterocycles. The molecule has 66 valence electrons. The van der Waals surface area contributed by atoms with Gasteiger partial charge in [-0.05, 0) is 19.8 Å². The van der Waals surface area contributed by atoms with Gasteiger partial charge >= 0.3 is 0 Å². The van der Waals surface area contributed by atoms with Crippen molar-refractivity contribution >= 4 is 0 Å². The summed E-state index contributed by atoms with van der Waals surface area (Å²) in [5, 5.41) is 0. The summed E-state index contributed by atoms with van der Waals surface area (Å²) in [5.41, 5.74) is 0. The lowest BCUT2D eigenvalue weighted by Gasteiger charge is -1.57. The van der Waals surface area contributed by atoms with Gasteiger partial charge in [0.05, 0.1) is 0 Å². The molecule has 0 atom stereocenters.